The lowest BCUT2D eigenvalue weighted by Crippen LogP contribution is -2.45. The van der Waals surface area contributed by atoms with Crippen LogP contribution >= 0.6 is 24.0 Å². The molecule has 2 aromatic carbocycles. The summed E-state index contributed by atoms with van der Waals surface area (Å²) < 4.78 is 11.6. The predicted molar refractivity (Wildman–Crippen MR) is 142 cm³/mol. The molecule has 2 aromatic rings. The van der Waals surface area contributed by atoms with Crippen LogP contribution in [0.2, 0.25) is 0 Å². The number of fused-ring (bicyclic) bond motifs is 1. The van der Waals surface area contributed by atoms with Crippen LogP contribution < -0.4 is 15.4 Å². The predicted octanol–water partition coefficient (Wildman–Crippen LogP) is 3.92. The Morgan fingerprint density at radius 2 is 2.09 bits per heavy atom. The van der Waals surface area contributed by atoms with Gasteiger partial charge in [0, 0.05) is 24.6 Å². The Bertz CT molecular complexity index is 946. The van der Waals surface area contributed by atoms with Gasteiger partial charge in [-0.2, -0.15) is 0 Å². The van der Waals surface area contributed by atoms with Crippen molar-refractivity contribution in [3.05, 3.63) is 64.7 Å². The number of guanidine groups is 1. The first-order valence-electron chi connectivity index (χ1n) is 11.7. The molecule has 1 heterocycles. The van der Waals surface area contributed by atoms with Crippen molar-refractivity contribution < 1.29 is 14.6 Å². The number of hydrogen-bond acceptors (Lipinski definition) is 4. The van der Waals surface area contributed by atoms with E-state index >= 15 is 0 Å². The summed E-state index contributed by atoms with van der Waals surface area (Å²) in [6.45, 7) is 8.07. The Hall–Kier alpha value is -1.84. The lowest BCUT2D eigenvalue weighted by atomic mass is 9.96. The first-order chi connectivity index (χ1) is 15.6. The minimum absolute atomic E-state index is 0. The maximum Gasteiger partial charge on any atom is 0.191 e. The molecule has 0 saturated carbocycles. The summed E-state index contributed by atoms with van der Waals surface area (Å²) in [7, 11) is 0. The van der Waals surface area contributed by atoms with Gasteiger partial charge in [-0.05, 0) is 55.9 Å². The van der Waals surface area contributed by atoms with E-state index in [-0.39, 0.29) is 24.0 Å². The average Bonchev–Trinajstić information content (AvgIpc) is 3.44. The normalized spacial score (nSPS) is 21.9. The number of nitrogens with one attached hydrogen (secondary N) is 2. The molecule has 2 aliphatic rings. The summed E-state index contributed by atoms with van der Waals surface area (Å²) in [5, 5.41) is 17.9. The van der Waals surface area contributed by atoms with Crippen molar-refractivity contribution in [2.45, 2.75) is 45.3 Å². The zero-order valence-corrected chi connectivity index (χ0v) is 21.9. The molecule has 7 heteroatoms. The van der Waals surface area contributed by atoms with Crippen molar-refractivity contribution in [1.82, 2.24) is 10.6 Å². The van der Waals surface area contributed by atoms with Gasteiger partial charge in [0.15, 0.2) is 5.96 Å². The third kappa shape index (κ3) is 6.61. The third-order valence-corrected chi connectivity index (χ3v) is 6.35. The molecule has 4 rings (SSSR count). The first kappa shape index (κ1) is 25.8. The lowest BCUT2D eigenvalue weighted by molar-refractivity contribution is 0.0432. The van der Waals surface area contributed by atoms with Crippen LogP contribution in [0, 0.1) is 12.8 Å². The van der Waals surface area contributed by atoms with E-state index in [2.05, 4.69) is 41.8 Å². The highest BCUT2D eigenvalue weighted by Gasteiger charge is 2.36. The molecule has 0 radical (unpaired) electrons. The van der Waals surface area contributed by atoms with Crippen molar-refractivity contribution in [1.29, 1.82) is 0 Å². The molecule has 0 bridgehead atoms. The highest BCUT2D eigenvalue weighted by atomic mass is 127. The molecule has 1 saturated heterocycles. The summed E-state index contributed by atoms with van der Waals surface area (Å²) in [4.78, 5) is 4.78. The highest BCUT2D eigenvalue weighted by Crippen LogP contribution is 2.36. The summed E-state index contributed by atoms with van der Waals surface area (Å²) >= 11 is 0. The first-order valence-corrected chi connectivity index (χ1v) is 11.7. The molecule has 1 aliphatic heterocycles. The standard InChI is InChI=1S/C26H35N3O3.HI/c1-3-27-25(29-18-26(30)12-10-21-6-4-5-7-23(21)26)28-15-22-9-8-19(2)14-24(22)32-17-20-11-13-31-16-20;/h4-9,14,20,30H,3,10-13,15-18H2,1-2H3,(H2,27,28,29);1H. The number of nitrogens with zero attached hydrogens (tertiary/aromatic N) is 1. The summed E-state index contributed by atoms with van der Waals surface area (Å²) in [5.41, 5.74) is 3.61. The van der Waals surface area contributed by atoms with Crippen LogP contribution in [0.25, 0.3) is 0 Å². The van der Waals surface area contributed by atoms with Gasteiger partial charge < -0.3 is 25.2 Å². The third-order valence-electron chi connectivity index (χ3n) is 6.35. The zero-order chi connectivity index (χ0) is 22.4. The molecular weight excluding hydrogens is 529 g/mol. The summed E-state index contributed by atoms with van der Waals surface area (Å²) in [5.74, 6) is 2.04. The Morgan fingerprint density at radius 1 is 1.24 bits per heavy atom. The second-order valence-corrected chi connectivity index (χ2v) is 8.89. The Balaban J connectivity index is 0.00000306. The van der Waals surface area contributed by atoms with E-state index in [0.717, 1.165) is 55.9 Å². The van der Waals surface area contributed by atoms with Gasteiger partial charge in [-0.3, -0.25) is 0 Å². The monoisotopic (exact) mass is 565 g/mol. The highest BCUT2D eigenvalue weighted by molar-refractivity contribution is 14.0. The topological polar surface area (TPSA) is 75.1 Å². The number of aryl methyl sites for hydroxylation is 2. The molecular formula is C26H36IN3O3. The van der Waals surface area contributed by atoms with Crippen molar-refractivity contribution >= 4 is 29.9 Å². The second-order valence-electron chi connectivity index (χ2n) is 8.89. The van der Waals surface area contributed by atoms with Crippen LogP contribution in [0.5, 0.6) is 5.75 Å². The fraction of sp³-hybridized carbons (Fsp3) is 0.500. The zero-order valence-electron chi connectivity index (χ0n) is 19.6. The molecule has 180 valence electrons. The number of aliphatic imine (C=N–C) groups is 1. The van der Waals surface area contributed by atoms with Crippen LogP contribution in [-0.4, -0.2) is 44.0 Å². The number of aliphatic hydroxyl groups is 1. The second kappa shape index (κ2) is 12.0. The lowest BCUT2D eigenvalue weighted by Gasteiger charge is -2.25. The van der Waals surface area contributed by atoms with Gasteiger partial charge in [0.2, 0.25) is 0 Å². The van der Waals surface area contributed by atoms with E-state index in [1.54, 1.807) is 0 Å². The van der Waals surface area contributed by atoms with Crippen molar-refractivity contribution in [2.75, 3.05) is 32.9 Å². The summed E-state index contributed by atoms with van der Waals surface area (Å²) in [6, 6.07) is 14.4. The van der Waals surface area contributed by atoms with Crippen molar-refractivity contribution in [3.8, 4) is 5.75 Å². The van der Waals surface area contributed by atoms with E-state index in [1.165, 1.54) is 11.1 Å². The number of hydrogen-bond donors (Lipinski definition) is 3. The summed E-state index contributed by atoms with van der Waals surface area (Å²) in [6.07, 6.45) is 2.68. The van der Waals surface area contributed by atoms with Gasteiger partial charge in [-0.1, -0.05) is 36.4 Å². The van der Waals surface area contributed by atoms with Crippen LogP contribution in [0.3, 0.4) is 0 Å². The van der Waals surface area contributed by atoms with E-state index in [1.807, 2.05) is 25.1 Å². The molecule has 0 amide bonds. The van der Waals surface area contributed by atoms with Gasteiger partial charge in [-0.15, -0.1) is 24.0 Å². The fourth-order valence-corrected chi connectivity index (χ4v) is 4.44. The van der Waals surface area contributed by atoms with Crippen LogP contribution in [-0.2, 0) is 23.3 Å². The van der Waals surface area contributed by atoms with Crippen LogP contribution in [0.15, 0.2) is 47.5 Å². The Kier molecular flexibility index (Phi) is 9.40. The quantitative estimate of drug-likeness (QED) is 0.257. The Morgan fingerprint density at radius 3 is 2.88 bits per heavy atom. The molecule has 1 aliphatic carbocycles. The van der Waals surface area contributed by atoms with E-state index in [9.17, 15) is 5.11 Å². The Labute approximate surface area is 214 Å². The molecule has 33 heavy (non-hydrogen) atoms. The number of halogens is 1. The van der Waals surface area contributed by atoms with Gasteiger partial charge in [0.1, 0.15) is 11.4 Å². The maximum absolute atomic E-state index is 11.2. The maximum atomic E-state index is 11.2. The SMILES string of the molecule is CCNC(=NCc1ccc(C)cc1OCC1CCOC1)NCC1(O)CCc2ccccc21.I. The van der Waals surface area contributed by atoms with Crippen molar-refractivity contribution in [2.24, 2.45) is 10.9 Å². The van der Waals surface area contributed by atoms with E-state index in [4.69, 9.17) is 14.5 Å². The molecule has 0 spiro atoms. The molecule has 2 unspecified atom stereocenters. The number of rotatable bonds is 8. The van der Waals surface area contributed by atoms with Gasteiger partial charge >= 0.3 is 0 Å². The molecule has 3 N–H and O–H groups in total. The smallest absolute Gasteiger partial charge is 0.191 e. The van der Waals surface area contributed by atoms with Crippen molar-refractivity contribution in [3.63, 3.8) is 0 Å². The molecule has 6 nitrogen and oxygen atoms in total. The van der Waals surface area contributed by atoms with E-state index in [0.29, 0.717) is 31.6 Å². The van der Waals surface area contributed by atoms with Crippen LogP contribution in [0.1, 0.15) is 42.0 Å². The largest absolute Gasteiger partial charge is 0.493 e. The van der Waals surface area contributed by atoms with Gasteiger partial charge in [-0.25, -0.2) is 4.99 Å². The van der Waals surface area contributed by atoms with Gasteiger partial charge in [0.25, 0.3) is 0 Å². The molecule has 1 fully saturated rings. The minimum Gasteiger partial charge on any atom is -0.493 e. The molecule has 2 atom stereocenters. The molecule has 0 aromatic heterocycles. The average molecular weight is 565 g/mol. The number of ether oxygens (including phenoxy) is 2. The minimum atomic E-state index is -0.867. The number of benzene rings is 2. The van der Waals surface area contributed by atoms with Gasteiger partial charge in [0.05, 0.1) is 26.3 Å². The van der Waals surface area contributed by atoms with Crippen LogP contribution in [0.4, 0.5) is 0 Å². The fourth-order valence-electron chi connectivity index (χ4n) is 4.44. The van der Waals surface area contributed by atoms with E-state index < -0.39 is 5.60 Å².